The summed E-state index contributed by atoms with van der Waals surface area (Å²) in [5, 5.41) is 12.9. The lowest BCUT2D eigenvalue weighted by atomic mass is 10.1. The summed E-state index contributed by atoms with van der Waals surface area (Å²) in [7, 11) is 0. The molecule has 0 aliphatic carbocycles. The molecule has 1 aliphatic heterocycles. The van der Waals surface area contributed by atoms with Crippen LogP contribution in [0.4, 0.5) is 4.79 Å². The molecule has 0 spiro atoms. The third kappa shape index (κ3) is 3.40. The minimum atomic E-state index is -0.888. The molecule has 0 bridgehead atoms. The highest BCUT2D eigenvalue weighted by Crippen LogP contribution is 2.18. The highest BCUT2D eigenvalue weighted by Gasteiger charge is 2.38. The van der Waals surface area contributed by atoms with Crippen LogP contribution in [0, 0.1) is 0 Å². The number of rotatable bonds is 5. The van der Waals surface area contributed by atoms with Crippen molar-refractivity contribution in [1.82, 2.24) is 10.2 Å². The molecule has 0 unspecified atom stereocenters. The second kappa shape index (κ2) is 6.62. The van der Waals surface area contributed by atoms with Gasteiger partial charge in [0.1, 0.15) is 6.04 Å². The van der Waals surface area contributed by atoms with E-state index in [0.29, 0.717) is 12.0 Å². The van der Waals surface area contributed by atoms with Gasteiger partial charge >= 0.3 is 6.03 Å². The normalized spacial score (nSPS) is 18.8. The number of β-amino-alcohol motifs (C(OH)–C–C–N with tert-alkyl or cyclic N) is 1. The standard InChI is InChI=1S/C18H18N2O3/c21-16(14-9-5-2-6-10-14)12-20-17(22)15(19-18(20)23)11-13-7-3-1-4-8-13/h1-10,15-16,21H,11-12H2,(H,19,23)/t15-,16-/m0/s1. The Morgan fingerprint density at radius 2 is 1.61 bits per heavy atom. The van der Waals surface area contributed by atoms with Crippen LogP contribution in [0.2, 0.25) is 0 Å². The number of amides is 3. The van der Waals surface area contributed by atoms with Crippen molar-refractivity contribution >= 4 is 11.9 Å². The van der Waals surface area contributed by atoms with Crippen molar-refractivity contribution in [3.8, 4) is 0 Å². The van der Waals surface area contributed by atoms with Crippen LogP contribution < -0.4 is 5.32 Å². The number of urea groups is 1. The molecular formula is C18H18N2O3. The minimum Gasteiger partial charge on any atom is -0.387 e. The number of hydrogen-bond donors (Lipinski definition) is 2. The predicted molar refractivity (Wildman–Crippen MR) is 85.6 cm³/mol. The largest absolute Gasteiger partial charge is 0.387 e. The number of nitrogens with zero attached hydrogens (tertiary/aromatic N) is 1. The summed E-state index contributed by atoms with van der Waals surface area (Å²) in [5.74, 6) is -0.297. The SMILES string of the molecule is O=C1N[C@@H](Cc2ccccc2)C(=O)N1C[C@H](O)c1ccccc1. The predicted octanol–water partition coefficient (Wildman–Crippen LogP) is 1.88. The molecule has 5 heteroatoms. The van der Waals surface area contributed by atoms with Gasteiger partial charge in [-0.1, -0.05) is 60.7 Å². The monoisotopic (exact) mass is 310 g/mol. The maximum absolute atomic E-state index is 12.4. The smallest absolute Gasteiger partial charge is 0.324 e. The second-order valence-corrected chi connectivity index (χ2v) is 5.57. The van der Waals surface area contributed by atoms with Crippen molar-refractivity contribution in [2.45, 2.75) is 18.6 Å². The van der Waals surface area contributed by atoms with Gasteiger partial charge in [0.05, 0.1) is 12.6 Å². The topological polar surface area (TPSA) is 69.6 Å². The molecule has 118 valence electrons. The molecule has 0 radical (unpaired) electrons. The lowest BCUT2D eigenvalue weighted by molar-refractivity contribution is -0.128. The van der Waals surface area contributed by atoms with Gasteiger partial charge in [-0.3, -0.25) is 9.69 Å². The lowest BCUT2D eigenvalue weighted by Crippen LogP contribution is -2.35. The van der Waals surface area contributed by atoms with Crippen LogP contribution >= 0.6 is 0 Å². The van der Waals surface area contributed by atoms with Crippen molar-refractivity contribution in [3.63, 3.8) is 0 Å². The van der Waals surface area contributed by atoms with Crippen LogP contribution in [0.1, 0.15) is 17.2 Å². The summed E-state index contributed by atoms with van der Waals surface area (Å²) in [4.78, 5) is 25.5. The van der Waals surface area contributed by atoms with Crippen molar-refractivity contribution in [2.24, 2.45) is 0 Å². The van der Waals surface area contributed by atoms with Gasteiger partial charge in [0.2, 0.25) is 0 Å². The molecule has 1 heterocycles. The molecule has 0 saturated carbocycles. The van der Waals surface area contributed by atoms with Gasteiger partial charge in [0.15, 0.2) is 0 Å². The van der Waals surface area contributed by atoms with Crippen molar-refractivity contribution in [2.75, 3.05) is 6.54 Å². The van der Waals surface area contributed by atoms with E-state index >= 15 is 0 Å². The molecular weight excluding hydrogens is 292 g/mol. The van der Waals surface area contributed by atoms with Crippen molar-refractivity contribution in [1.29, 1.82) is 0 Å². The zero-order valence-electron chi connectivity index (χ0n) is 12.6. The van der Waals surface area contributed by atoms with E-state index in [1.54, 1.807) is 12.1 Å². The van der Waals surface area contributed by atoms with E-state index in [-0.39, 0.29) is 12.5 Å². The molecule has 1 aliphatic rings. The van der Waals surface area contributed by atoms with Gasteiger partial charge in [-0.25, -0.2) is 4.79 Å². The molecule has 1 fully saturated rings. The Balaban J connectivity index is 1.67. The number of aliphatic hydroxyl groups excluding tert-OH is 1. The van der Waals surface area contributed by atoms with Gasteiger partial charge in [-0.2, -0.15) is 0 Å². The Hall–Kier alpha value is -2.66. The van der Waals surface area contributed by atoms with E-state index < -0.39 is 18.2 Å². The first-order chi connectivity index (χ1) is 11.1. The summed E-state index contributed by atoms with van der Waals surface area (Å²) >= 11 is 0. The van der Waals surface area contributed by atoms with E-state index in [4.69, 9.17) is 0 Å². The fourth-order valence-electron chi connectivity index (χ4n) is 2.69. The Morgan fingerprint density at radius 3 is 2.26 bits per heavy atom. The molecule has 2 N–H and O–H groups in total. The second-order valence-electron chi connectivity index (χ2n) is 5.57. The first-order valence-electron chi connectivity index (χ1n) is 7.54. The number of hydrogen-bond acceptors (Lipinski definition) is 3. The molecule has 1 saturated heterocycles. The van der Waals surface area contributed by atoms with E-state index in [2.05, 4.69) is 5.32 Å². The number of benzene rings is 2. The van der Waals surface area contributed by atoms with Gasteiger partial charge < -0.3 is 10.4 Å². The third-order valence-electron chi connectivity index (χ3n) is 3.93. The summed E-state index contributed by atoms with van der Waals surface area (Å²) in [6, 6.07) is 17.5. The molecule has 2 atom stereocenters. The van der Waals surface area contributed by atoms with Crippen LogP contribution in [0.3, 0.4) is 0 Å². The zero-order valence-corrected chi connectivity index (χ0v) is 12.6. The van der Waals surface area contributed by atoms with Gasteiger partial charge in [0.25, 0.3) is 5.91 Å². The Kier molecular flexibility index (Phi) is 4.39. The summed E-state index contributed by atoms with van der Waals surface area (Å²) in [5.41, 5.74) is 1.66. The fourth-order valence-corrected chi connectivity index (χ4v) is 2.69. The number of aliphatic hydroxyl groups is 1. The highest BCUT2D eigenvalue weighted by molar-refractivity contribution is 6.04. The van der Waals surface area contributed by atoms with Crippen LogP contribution in [0.15, 0.2) is 60.7 Å². The average Bonchev–Trinajstić information content (AvgIpc) is 2.84. The molecule has 0 aromatic heterocycles. The average molecular weight is 310 g/mol. The Labute approximate surface area is 134 Å². The maximum atomic E-state index is 12.4. The molecule has 3 rings (SSSR count). The first-order valence-corrected chi connectivity index (χ1v) is 7.54. The number of carbonyl (C=O) groups excluding carboxylic acids is 2. The van der Waals surface area contributed by atoms with Crippen LogP contribution in [-0.2, 0) is 11.2 Å². The maximum Gasteiger partial charge on any atom is 0.324 e. The van der Waals surface area contributed by atoms with E-state index in [0.717, 1.165) is 10.5 Å². The molecule has 23 heavy (non-hydrogen) atoms. The van der Waals surface area contributed by atoms with E-state index in [1.165, 1.54) is 0 Å². The molecule has 5 nitrogen and oxygen atoms in total. The summed E-state index contributed by atoms with van der Waals surface area (Å²) in [6.45, 7) is -0.0417. The summed E-state index contributed by atoms with van der Waals surface area (Å²) in [6.07, 6.45) is -0.440. The van der Waals surface area contributed by atoms with E-state index in [1.807, 2.05) is 48.5 Å². The van der Waals surface area contributed by atoms with Gasteiger partial charge in [0, 0.05) is 6.42 Å². The lowest BCUT2D eigenvalue weighted by Gasteiger charge is -2.18. The van der Waals surface area contributed by atoms with Crippen LogP contribution in [0.25, 0.3) is 0 Å². The van der Waals surface area contributed by atoms with Crippen LogP contribution in [0.5, 0.6) is 0 Å². The quantitative estimate of drug-likeness (QED) is 0.829. The molecule has 2 aromatic rings. The van der Waals surface area contributed by atoms with Crippen molar-refractivity contribution < 1.29 is 14.7 Å². The Morgan fingerprint density at radius 1 is 1.00 bits per heavy atom. The van der Waals surface area contributed by atoms with Gasteiger partial charge in [-0.15, -0.1) is 0 Å². The molecule has 2 aromatic carbocycles. The highest BCUT2D eigenvalue weighted by atomic mass is 16.3. The number of imide groups is 1. The first kappa shape index (κ1) is 15.2. The van der Waals surface area contributed by atoms with Crippen LogP contribution in [-0.4, -0.2) is 34.5 Å². The van der Waals surface area contributed by atoms with Gasteiger partial charge in [-0.05, 0) is 11.1 Å². The van der Waals surface area contributed by atoms with E-state index in [9.17, 15) is 14.7 Å². The minimum absolute atomic E-state index is 0.0417. The number of carbonyl (C=O) groups is 2. The third-order valence-corrected chi connectivity index (χ3v) is 3.93. The fraction of sp³-hybridized carbons (Fsp3) is 0.222. The van der Waals surface area contributed by atoms with Crippen molar-refractivity contribution in [3.05, 3.63) is 71.8 Å². The number of nitrogens with one attached hydrogen (secondary N) is 1. The molecule has 3 amide bonds. The zero-order chi connectivity index (χ0) is 16.2. The Bertz CT molecular complexity index is 688. The summed E-state index contributed by atoms with van der Waals surface area (Å²) < 4.78 is 0.